The molecule has 5 nitrogen and oxygen atoms in total. The Bertz CT molecular complexity index is 474. The lowest BCUT2D eigenvalue weighted by atomic mass is 10.1. The number of allylic oxidation sites excluding steroid dienone is 5. The van der Waals surface area contributed by atoms with Gasteiger partial charge in [0.1, 0.15) is 5.57 Å². The lowest BCUT2D eigenvalue weighted by molar-refractivity contribution is -0.134. The summed E-state index contributed by atoms with van der Waals surface area (Å²) < 4.78 is 0. The Morgan fingerprint density at radius 2 is 1.71 bits per heavy atom. The van der Waals surface area contributed by atoms with E-state index in [2.05, 4.69) is 0 Å². The smallest absolute Gasteiger partial charge is 0.268 e. The van der Waals surface area contributed by atoms with Crippen molar-refractivity contribution in [2.45, 2.75) is 6.42 Å². The van der Waals surface area contributed by atoms with E-state index in [-0.39, 0.29) is 5.57 Å². The van der Waals surface area contributed by atoms with E-state index in [1.165, 1.54) is 14.1 Å². The van der Waals surface area contributed by atoms with Gasteiger partial charge in [0.15, 0.2) is 0 Å². The van der Waals surface area contributed by atoms with Crippen LogP contribution in [0.15, 0.2) is 35.5 Å². The Kier molecular flexibility index (Phi) is 2.67. The van der Waals surface area contributed by atoms with Crippen LogP contribution in [-0.4, -0.2) is 41.7 Å². The molecular formula is C12H12N2O3. The van der Waals surface area contributed by atoms with E-state index in [9.17, 15) is 14.4 Å². The van der Waals surface area contributed by atoms with E-state index >= 15 is 0 Å². The van der Waals surface area contributed by atoms with Crippen molar-refractivity contribution in [3.63, 3.8) is 0 Å². The molecule has 0 spiro atoms. The highest BCUT2D eigenvalue weighted by Crippen LogP contribution is 2.19. The molecule has 88 valence electrons. The van der Waals surface area contributed by atoms with Crippen LogP contribution in [0.4, 0.5) is 4.79 Å². The zero-order chi connectivity index (χ0) is 12.6. The highest BCUT2D eigenvalue weighted by atomic mass is 16.2. The molecule has 4 amide bonds. The average molecular weight is 232 g/mol. The number of hydrogen-bond donors (Lipinski definition) is 0. The van der Waals surface area contributed by atoms with Gasteiger partial charge in [-0.1, -0.05) is 18.2 Å². The van der Waals surface area contributed by atoms with Gasteiger partial charge in [0.05, 0.1) is 0 Å². The summed E-state index contributed by atoms with van der Waals surface area (Å²) in [4.78, 5) is 37.0. The van der Waals surface area contributed by atoms with E-state index in [4.69, 9.17) is 0 Å². The molecule has 0 unspecified atom stereocenters. The molecule has 1 fully saturated rings. The van der Waals surface area contributed by atoms with Crippen molar-refractivity contribution >= 4 is 17.8 Å². The molecule has 0 radical (unpaired) electrons. The summed E-state index contributed by atoms with van der Waals surface area (Å²) in [6.07, 6.45) is 7.88. The molecule has 1 saturated heterocycles. The van der Waals surface area contributed by atoms with E-state index in [1.807, 2.05) is 18.2 Å². The zero-order valence-corrected chi connectivity index (χ0v) is 9.64. The van der Waals surface area contributed by atoms with E-state index in [1.54, 1.807) is 6.08 Å². The Balaban J connectivity index is 2.36. The van der Waals surface area contributed by atoms with Crippen LogP contribution in [0.3, 0.4) is 0 Å². The Morgan fingerprint density at radius 1 is 1.12 bits per heavy atom. The van der Waals surface area contributed by atoms with Crippen LogP contribution in [0.2, 0.25) is 0 Å². The van der Waals surface area contributed by atoms with Gasteiger partial charge in [-0.05, 0) is 18.1 Å². The van der Waals surface area contributed by atoms with E-state index in [0.29, 0.717) is 6.42 Å². The molecule has 5 heteroatoms. The van der Waals surface area contributed by atoms with Gasteiger partial charge in [-0.3, -0.25) is 19.4 Å². The number of carbonyl (C=O) groups is 3. The van der Waals surface area contributed by atoms with Crippen molar-refractivity contribution in [2.75, 3.05) is 14.1 Å². The molecule has 0 bridgehead atoms. The zero-order valence-electron chi connectivity index (χ0n) is 9.64. The van der Waals surface area contributed by atoms with Crippen LogP contribution < -0.4 is 0 Å². The first-order valence-electron chi connectivity index (χ1n) is 5.20. The number of barbiturate groups is 1. The Morgan fingerprint density at radius 3 is 2.18 bits per heavy atom. The fourth-order valence-corrected chi connectivity index (χ4v) is 1.73. The van der Waals surface area contributed by atoms with E-state index < -0.39 is 17.8 Å². The van der Waals surface area contributed by atoms with Crippen LogP contribution in [0.5, 0.6) is 0 Å². The van der Waals surface area contributed by atoms with Gasteiger partial charge in [-0.25, -0.2) is 4.79 Å². The van der Waals surface area contributed by atoms with Gasteiger partial charge in [-0.15, -0.1) is 0 Å². The Labute approximate surface area is 98.7 Å². The first-order chi connectivity index (χ1) is 8.02. The molecule has 1 aliphatic heterocycles. The molecule has 1 aliphatic carbocycles. The average Bonchev–Trinajstić information content (AvgIpc) is 2.82. The summed E-state index contributed by atoms with van der Waals surface area (Å²) in [6, 6.07) is -0.601. The van der Waals surface area contributed by atoms with Gasteiger partial charge in [-0.2, -0.15) is 0 Å². The third-order valence-corrected chi connectivity index (χ3v) is 2.77. The summed E-state index contributed by atoms with van der Waals surface area (Å²) in [5, 5.41) is 0. The molecule has 0 aromatic rings. The fourth-order valence-electron chi connectivity index (χ4n) is 1.73. The SMILES string of the molecule is CN1C(=O)C(=CC2=CC=CC2)C(=O)N(C)C1=O. The molecule has 0 aromatic carbocycles. The molecule has 17 heavy (non-hydrogen) atoms. The molecule has 1 heterocycles. The van der Waals surface area contributed by atoms with Crippen molar-refractivity contribution in [3.8, 4) is 0 Å². The van der Waals surface area contributed by atoms with Crippen LogP contribution in [0, 0.1) is 0 Å². The molecule has 2 rings (SSSR count). The van der Waals surface area contributed by atoms with Gasteiger partial charge >= 0.3 is 6.03 Å². The number of amides is 4. The van der Waals surface area contributed by atoms with Gasteiger partial charge in [0.2, 0.25) is 0 Å². The number of hydrogen-bond acceptors (Lipinski definition) is 3. The summed E-state index contributed by atoms with van der Waals surface area (Å²) in [5.41, 5.74) is 0.919. The number of imide groups is 2. The number of carbonyl (C=O) groups excluding carboxylic acids is 3. The molecule has 0 saturated carbocycles. The predicted octanol–water partition coefficient (Wildman–Crippen LogP) is 0.850. The lowest BCUT2D eigenvalue weighted by Gasteiger charge is -2.28. The number of nitrogens with zero attached hydrogens (tertiary/aromatic N) is 2. The van der Waals surface area contributed by atoms with Crippen molar-refractivity contribution < 1.29 is 14.4 Å². The summed E-state index contributed by atoms with van der Waals surface area (Å²) in [6.45, 7) is 0. The van der Waals surface area contributed by atoms with Gasteiger partial charge in [0.25, 0.3) is 11.8 Å². The lowest BCUT2D eigenvalue weighted by Crippen LogP contribution is -2.53. The second-order valence-corrected chi connectivity index (χ2v) is 3.94. The molecule has 2 aliphatic rings. The summed E-state index contributed by atoms with van der Waals surface area (Å²) >= 11 is 0. The first-order valence-corrected chi connectivity index (χ1v) is 5.20. The minimum atomic E-state index is -0.601. The maximum absolute atomic E-state index is 11.8. The summed E-state index contributed by atoms with van der Waals surface area (Å²) in [7, 11) is 2.73. The highest BCUT2D eigenvalue weighted by Gasteiger charge is 2.37. The van der Waals surface area contributed by atoms with Gasteiger partial charge in [0, 0.05) is 14.1 Å². The molecular weight excluding hydrogens is 220 g/mol. The van der Waals surface area contributed by atoms with Crippen molar-refractivity contribution in [1.82, 2.24) is 9.80 Å². The van der Waals surface area contributed by atoms with Crippen molar-refractivity contribution in [3.05, 3.63) is 35.5 Å². The highest BCUT2D eigenvalue weighted by molar-refractivity contribution is 6.28. The van der Waals surface area contributed by atoms with E-state index in [0.717, 1.165) is 15.4 Å². The van der Waals surface area contributed by atoms with Crippen LogP contribution >= 0.6 is 0 Å². The predicted molar refractivity (Wildman–Crippen MR) is 60.9 cm³/mol. The van der Waals surface area contributed by atoms with Crippen LogP contribution in [-0.2, 0) is 9.59 Å². The monoisotopic (exact) mass is 232 g/mol. The standard InChI is InChI=1S/C12H12N2O3/c1-13-10(15)9(7-8-5-3-4-6-8)11(16)14(2)12(13)17/h3-5,7H,6H2,1-2H3. The van der Waals surface area contributed by atoms with Crippen LogP contribution in [0.1, 0.15) is 6.42 Å². The van der Waals surface area contributed by atoms with Crippen molar-refractivity contribution in [2.24, 2.45) is 0 Å². The minimum Gasteiger partial charge on any atom is -0.268 e. The number of likely N-dealkylation sites (N-methyl/N-ethyl adjacent to an activating group) is 2. The maximum atomic E-state index is 11.8. The fraction of sp³-hybridized carbons (Fsp3) is 0.250. The van der Waals surface area contributed by atoms with Crippen LogP contribution in [0.25, 0.3) is 0 Å². The maximum Gasteiger partial charge on any atom is 0.333 e. The quantitative estimate of drug-likeness (QED) is 0.497. The second-order valence-electron chi connectivity index (χ2n) is 3.94. The third kappa shape index (κ3) is 1.80. The largest absolute Gasteiger partial charge is 0.333 e. The number of urea groups is 1. The molecule has 0 aromatic heterocycles. The number of rotatable bonds is 1. The third-order valence-electron chi connectivity index (χ3n) is 2.77. The Hall–Kier alpha value is -2.17. The minimum absolute atomic E-state index is 0.0320. The van der Waals surface area contributed by atoms with Gasteiger partial charge < -0.3 is 0 Å². The van der Waals surface area contributed by atoms with Crippen molar-refractivity contribution in [1.29, 1.82) is 0 Å². The summed E-state index contributed by atoms with van der Waals surface area (Å²) in [5.74, 6) is -1.10. The first kappa shape index (κ1) is 11.3. The molecule has 0 atom stereocenters. The molecule has 0 N–H and O–H groups in total. The normalized spacial score (nSPS) is 20.2. The second kappa shape index (κ2) is 4.01. The topological polar surface area (TPSA) is 57.7 Å².